The third kappa shape index (κ3) is 4.06. The molecule has 2 heterocycles. The fourth-order valence-corrected chi connectivity index (χ4v) is 2.16. The Morgan fingerprint density at radius 2 is 2.09 bits per heavy atom. The van der Waals surface area contributed by atoms with E-state index in [1.54, 1.807) is 16.9 Å². The van der Waals surface area contributed by atoms with Gasteiger partial charge in [0.1, 0.15) is 11.5 Å². The van der Waals surface area contributed by atoms with E-state index >= 15 is 0 Å². The standard InChI is InChI=1S/C16H23N5O2/c1-4-6-11-20-15(22)8-7-13(19-20)16(23)18-14-9-10-17-21(14)12(3)5-2/h7-10,12H,4-6,11H2,1-3H3,(H,18,23). The molecule has 0 saturated heterocycles. The van der Waals surface area contributed by atoms with E-state index in [2.05, 4.69) is 22.4 Å². The second kappa shape index (κ2) is 7.71. The number of nitrogens with zero attached hydrogens (tertiary/aromatic N) is 4. The van der Waals surface area contributed by atoms with Crippen LogP contribution in [0.15, 0.2) is 29.2 Å². The van der Waals surface area contributed by atoms with E-state index in [1.807, 2.05) is 13.8 Å². The van der Waals surface area contributed by atoms with Gasteiger partial charge in [0.2, 0.25) is 0 Å². The third-order valence-electron chi connectivity index (χ3n) is 3.74. The van der Waals surface area contributed by atoms with Crippen LogP contribution in [0.3, 0.4) is 0 Å². The lowest BCUT2D eigenvalue weighted by Gasteiger charge is -2.14. The molecule has 7 nitrogen and oxygen atoms in total. The minimum Gasteiger partial charge on any atom is -0.305 e. The first kappa shape index (κ1) is 16.9. The number of unbranched alkanes of at least 4 members (excludes halogenated alkanes) is 1. The van der Waals surface area contributed by atoms with Crippen molar-refractivity contribution in [3.63, 3.8) is 0 Å². The van der Waals surface area contributed by atoms with Crippen molar-refractivity contribution < 1.29 is 4.79 Å². The monoisotopic (exact) mass is 317 g/mol. The van der Waals surface area contributed by atoms with Gasteiger partial charge in [0.05, 0.1) is 12.2 Å². The van der Waals surface area contributed by atoms with Crippen LogP contribution in [0.4, 0.5) is 5.82 Å². The number of anilines is 1. The smallest absolute Gasteiger partial charge is 0.277 e. The van der Waals surface area contributed by atoms with Crippen LogP contribution in [0, 0.1) is 0 Å². The van der Waals surface area contributed by atoms with Gasteiger partial charge >= 0.3 is 0 Å². The van der Waals surface area contributed by atoms with Crippen LogP contribution in [-0.4, -0.2) is 25.5 Å². The molecule has 2 aromatic heterocycles. The topological polar surface area (TPSA) is 81.8 Å². The summed E-state index contributed by atoms with van der Waals surface area (Å²) < 4.78 is 3.11. The molecular weight excluding hydrogens is 294 g/mol. The first-order valence-electron chi connectivity index (χ1n) is 7.99. The lowest BCUT2D eigenvalue weighted by molar-refractivity contribution is 0.101. The van der Waals surface area contributed by atoms with Gasteiger partial charge in [-0.05, 0) is 25.8 Å². The van der Waals surface area contributed by atoms with E-state index in [-0.39, 0.29) is 23.2 Å². The number of amides is 1. The molecule has 2 rings (SSSR count). The summed E-state index contributed by atoms with van der Waals surface area (Å²) in [5.74, 6) is 0.276. The van der Waals surface area contributed by atoms with Gasteiger partial charge in [-0.2, -0.15) is 10.2 Å². The molecule has 124 valence electrons. The van der Waals surface area contributed by atoms with Gasteiger partial charge in [-0.25, -0.2) is 9.36 Å². The number of rotatable bonds is 7. The molecule has 23 heavy (non-hydrogen) atoms. The molecule has 0 aliphatic carbocycles. The molecule has 0 aliphatic heterocycles. The van der Waals surface area contributed by atoms with Crippen molar-refractivity contribution in [3.8, 4) is 0 Å². The number of carbonyl (C=O) groups is 1. The molecule has 0 saturated carbocycles. The van der Waals surface area contributed by atoms with Gasteiger partial charge in [-0.3, -0.25) is 9.59 Å². The summed E-state index contributed by atoms with van der Waals surface area (Å²) >= 11 is 0. The Hall–Kier alpha value is -2.44. The molecule has 2 aromatic rings. The number of carbonyl (C=O) groups excluding carboxylic acids is 1. The number of nitrogens with one attached hydrogen (secondary N) is 1. The van der Waals surface area contributed by atoms with Crippen LogP contribution >= 0.6 is 0 Å². The molecular formula is C16H23N5O2. The highest BCUT2D eigenvalue weighted by atomic mass is 16.2. The number of aromatic nitrogens is 4. The Morgan fingerprint density at radius 3 is 2.78 bits per heavy atom. The molecule has 0 radical (unpaired) electrons. The van der Waals surface area contributed by atoms with Crippen LogP contribution in [0.1, 0.15) is 56.6 Å². The SMILES string of the molecule is CCCCn1nc(C(=O)Nc2ccnn2C(C)CC)ccc1=O. The maximum Gasteiger partial charge on any atom is 0.277 e. The zero-order valence-corrected chi connectivity index (χ0v) is 13.8. The second-order valence-electron chi connectivity index (χ2n) is 5.51. The Morgan fingerprint density at radius 1 is 1.30 bits per heavy atom. The molecule has 0 aliphatic rings. The van der Waals surface area contributed by atoms with E-state index < -0.39 is 0 Å². The second-order valence-corrected chi connectivity index (χ2v) is 5.51. The molecule has 1 atom stereocenters. The Kier molecular flexibility index (Phi) is 5.67. The molecule has 0 spiro atoms. The predicted octanol–water partition coefficient (Wildman–Crippen LogP) is 2.46. The summed E-state index contributed by atoms with van der Waals surface area (Å²) in [6, 6.07) is 4.76. The van der Waals surface area contributed by atoms with Crippen LogP contribution in [-0.2, 0) is 6.54 Å². The predicted molar refractivity (Wildman–Crippen MR) is 88.6 cm³/mol. The molecule has 1 amide bonds. The average molecular weight is 317 g/mol. The first-order valence-corrected chi connectivity index (χ1v) is 7.99. The van der Waals surface area contributed by atoms with Gasteiger partial charge in [-0.1, -0.05) is 20.3 Å². The fourth-order valence-electron chi connectivity index (χ4n) is 2.16. The first-order chi connectivity index (χ1) is 11.1. The minimum atomic E-state index is -0.347. The van der Waals surface area contributed by atoms with Crippen molar-refractivity contribution in [2.45, 2.75) is 52.6 Å². The van der Waals surface area contributed by atoms with E-state index in [0.717, 1.165) is 19.3 Å². The summed E-state index contributed by atoms with van der Waals surface area (Å²) in [6.07, 6.45) is 4.36. The highest BCUT2D eigenvalue weighted by molar-refractivity contribution is 6.02. The largest absolute Gasteiger partial charge is 0.305 e. The molecule has 0 fully saturated rings. The van der Waals surface area contributed by atoms with Crippen molar-refractivity contribution >= 4 is 11.7 Å². The maximum atomic E-state index is 12.4. The Labute approximate surface area is 135 Å². The van der Waals surface area contributed by atoms with E-state index in [9.17, 15) is 9.59 Å². The molecule has 1 N–H and O–H groups in total. The van der Waals surface area contributed by atoms with Crippen molar-refractivity contribution in [1.29, 1.82) is 0 Å². The van der Waals surface area contributed by atoms with Crippen LogP contribution < -0.4 is 10.9 Å². The van der Waals surface area contributed by atoms with Crippen molar-refractivity contribution in [2.75, 3.05) is 5.32 Å². The van der Waals surface area contributed by atoms with Gasteiger partial charge in [0.25, 0.3) is 11.5 Å². The van der Waals surface area contributed by atoms with Crippen LogP contribution in [0.25, 0.3) is 0 Å². The van der Waals surface area contributed by atoms with Crippen molar-refractivity contribution in [2.24, 2.45) is 0 Å². The maximum absolute atomic E-state index is 12.4. The summed E-state index contributed by atoms with van der Waals surface area (Å²) in [4.78, 5) is 24.1. The lowest BCUT2D eigenvalue weighted by Crippen LogP contribution is -2.26. The van der Waals surface area contributed by atoms with E-state index in [1.165, 1.54) is 16.8 Å². The molecule has 0 aromatic carbocycles. The third-order valence-corrected chi connectivity index (χ3v) is 3.74. The lowest BCUT2D eigenvalue weighted by atomic mass is 10.3. The van der Waals surface area contributed by atoms with Crippen LogP contribution in [0.2, 0.25) is 0 Å². The number of hydrogen-bond donors (Lipinski definition) is 1. The van der Waals surface area contributed by atoms with Gasteiger partial charge in [0, 0.05) is 18.7 Å². The zero-order chi connectivity index (χ0) is 16.8. The zero-order valence-electron chi connectivity index (χ0n) is 13.8. The van der Waals surface area contributed by atoms with Crippen molar-refractivity contribution in [3.05, 3.63) is 40.4 Å². The van der Waals surface area contributed by atoms with Gasteiger partial charge in [0.15, 0.2) is 0 Å². The number of hydrogen-bond acceptors (Lipinski definition) is 4. The van der Waals surface area contributed by atoms with Gasteiger partial charge < -0.3 is 5.32 Å². The van der Waals surface area contributed by atoms with Gasteiger partial charge in [-0.15, -0.1) is 0 Å². The average Bonchev–Trinajstić information content (AvgIpc) is 3.01. The normalized spacial score (nSPS) is 12.1. The highest BCUT2D eigenvalue weighted by Crippen LogP contribution is 2.16. The fraction of sp³-hybridized carbons (Fsp3) is 0.500. The summed E-state index contributed by atoms with van der Waals surface area (Å²) in [7, 11) is 0. The van der Waals surface area contributed by atoms with E-state index in [0.29, 0.717) is 12.4 Å². The Bertz CT molecular complexity index is 719. The summed E-state index contributed by atoms with van der Waals surface area (Å²) in [5.41, 5.74) is 0.0252. The molecule has 7 heteroatoms. The summed E-state index contributed by atoms with van der Waals surface area (Å²) in [5, 5.41) is 11.2. The highest BCUT2D eigenvalue weighted by Gasteiger charge is 2.14. The van der Waals surface area contributed by atoms with E-state index in [4.69, 9.17) is 0 Å². The van der Waals surface area contributed by atoms with Crippen LogP contribution in [0.5, 0.6) is 0 Å². The molecule has 1 unspecified atom stereocenters. The van der Waals surface area contributed by atoms with Crippen molar-refractivity contribution in [1.82, 2.24) is 19.6 Å². The quantitative estimate of drug-likeness (QED) is 0.850. The summed E-state index contributed by atoms with van der Waals surface area (Å²) in [6.45, 7) is 6.65. The number of aryl methyl sites for hydroxylation is 1. The minimum absolute atomic E-state index is 0.187. The Balaban J connectivity index is 2.18. The molecule has 0 bridgehead atoms.